The first-order chi connectivity index (χ1) is 10.5. The topological polar surface area (TPSA) is 89.2 Å². The van der Waals surface area contributed by atoms with E-state index >= 15 is 0 Å². The van der Waals surface area contributed by atoms with Crippen LogP contribution < -0.4 is 16.4 Å². The standard InChI is InChI=1S/C16H20N4O2/c1-3-18-9-11-6-4-5-7-13(11)19-16(22)14-8-12(15(17)21)10-20(14)2/h4-8,10,18H,3,9H2,1-2H3,(H2,17,21)(H,19,22). The third-order valence-electron chi connectivity index (χ3n) is 3.35. The molecule has 0 bridgehead atoms. The number of amides is 2. The van der Waals surface area contributed by atoms with Crippen molar-refractivity contribution in [3.8, 4) is 0 Å². The average Bonchev–Trinajstić information content (AvgIpc) is 2.88. The normalized spacial score (nSPS) is 10.5. The Morgan fingerprint density at radius 3 is 2.64 bits per heavy atom. The van der Waals surface area contributed by atoms with E-state index in [2.05, 4.69) is 10.6 Å². The van der Waals surface area contributed by atoms with Crippen LogP contribution in [0.25, 0.3) is 0 Å². The zero-order chi connectivity index (χ0) is 16.1. The zero-order valence-electron chi connectivity index (χ0n) is 12.7. The Bertz CT molecular complexity index is 691. The van der Waals surface area contributed by atoms with Crippen LogP contribution in [0.2, 0.25) is 0 Å². The van der Waals surface area contributed by atoms with Crippen LogP contribution in [0.4, 0.5) is 5.69 Å². The van der Waals surface area contributed by atoms with Gasteiger partial charge in [0, 0.05) is 25.5 Å². The molecule has 1 aromatic heterocycles. The number of rotatable bonds is 6. The lowest BCUT2D eigenvalue weighted by Crippen LogP contribution is -2.18. The zero-order valence-corrected chi connectivity index (χ0v) is 12.7. The largest absolute Gasteiger partial charge is 0.366 e. The quantitative estimate of drug-likeness (QED) is 0.755. The molecule has 0 fully saturated rings. The van der Waals surface area contributed by atoms with Crippen LogP contribution in [0, 0.1) is 0 Å². The molecule has 2 amide bonds. The summed E-state index contributed by atoms with van der Waals surface area (Å²) >= 11 is 0. The van der Waals surface area contributed by atoms with Gasteiger partial charge in [-0.15, -0.1) is 0 Å². The van der Waals surface area contributed by atoms with Gasteiger partial charge in [0.15, 0.2) is 0 Å². The monoisotopic (exact) mass is 300 g/mol. The SMILES string of the molecule is CCNCc1ccccc1NC(=O)c1cc(C(N)=O)cn1C. The average molecular weight is 300 g/mol. The minimum absolute atomic E-state index is 0.279. The summed E-state index contributed by atoms with van der Waals surface area (Å²) in [4.78, 5) is 23.6. The minimum Gasteiger partial charge on any atom is -0.366 e. The van der Waals surface area contributed by atoms with E-state index < -0.39 is 5.91 Å². The van der Waals surface area contributed by atoms with Crippen molar-refractivity contribution in [1.29, 1.82) is 0 Å². The second-order valence-corrected chi connectivity index (χ2v) is 4.98. The van der Waals surface area contributed by atoms with Crippen LogP contribution in [0.5, 0.6) is 0 Å². The van der Waals surface area contributed by atoms with Gasteiger partial charge < -0.3 is 20.9 Å². The number of aryl methyl sites for hydroxylation is 1. The van der Waals surface area contributed by atoms with E-state index in [0.29, 0.717) is 17.8 Å². The third-order valence-corrected chi connectivity index (χ3v) is 3.35. The number of anilines is 1. The molecule has 0 aliphatic carbocycles. The Labute approximate surface area is 129 Å². The van der Waals surface area contributed by atoms with E-state index in [1.807, 2.05) is 31.2 Å². The number of nitrogens with zero attached hydrogens (tertiary/aromatic N) is 1. The van der Waals surface area contributed by atoms with Crippen molar-refractivity contribution in [2.24, 2.45) is 12.8 Å². The number of para-hydroxylation sites is 1. The van der Waals surface area contributed by atoms with Crippen LogP contribution in [0.15, 0.2) is 36.5 Å². The summed E-state index contributed by atoms with van der Waals surface area (Å²) in [5, 5.41) is 6.11. The molecule has 6 nitrogen and oxygen atoms in total. The van der Waals surface area contributed by atoms with Gasteiger partial charge >= 0.3 is 0 Å². The lowest BCUT2D eigenvalue weighted by molar-refractivity contribution is 0.0998. The maximum atomic E-state index is 12.4. The van der Waals surface area contributed by atoms with E-state index in [1.165, 1.54) is 6.07 Å². The second-order valence-electron chi connectivity index (χ2n) is 4.98. The fourth-order valence-corrected chi connectivity index (χ4v) is 2.17. The molecule has 0 aliphatic rings. The molecular formula is C16H20N4O2. The summed E-state index contributed by atoms with van der Waals surface area (Å²) < 4.78 is 1.59. The van der Waals surface area contributed by atoms with Crippen LogP contribution in [-0.4, -0.2) is 22.9 Å². The van der Waals surface area contributed by atoms with Gasteiger partial charge in [0.05, 0.1) is 5.56 Å². The predicted molar refractivity (Wildman–Crippen MR) is 85.7 cm³/mol. The lowest BCUT2D eigenvalue weighted by Gasteiger charge is -2.11. The molecule has 0 unspecified atom stereocenters. The van der Waals surface area contributed by atoms with Gasteiger partial charge in [-0.25, -0.2) is 0 Å². The number of carbonyl (C=O) groups excluding carboxylic acids is 2. The van der Waals surface area contributed by atoms with Crippen molar-refractivity contribution in [3.63, 3.8) is 0 Å². The fraction of sp³-hybridized carbons (Fsp3) is 0.250. The summed E-state index contributed by atoms with van der Waals surface area (Å²) in [7, 11) is 1.70. The Morgan fingerprint density at radius 1 is 1.27 bits per heavy atom. The molecule has 1 heterocycles. The highest BCUT2D eigenvalue weighted by molar-refractivity contribution is 6.05. The summed E-state index contributed by atoms with van der Waals surface area (Å²) in [5.74, 6) is -0.832. The Kier molecular flexibility index (Phi) is 4.95. The van der Waals surface area contributed by atoms with Crippen molar-refractivity contribution in [1.82, 2.24) is 9.88 Å². The molecule has 2 aromatic rings. The van der Waals surface area contributed by atoms with Crippen molar-refractivity contribution < 1.29 is 9.59 Å². The number of hydrogen-bond donors (Lipinski definition) is 3. The van der Waals surface area contributed by atoms with Gasteiger partial charge in [0.1, 0.15) is 5.69 Å². The molecule has 0 aliphatic heterocycles. The van der Waals surface area contributed by atoms with E-state index in [1.54, 1.807) is 17.8 Å². The molecule has 4 N–H and O–H groups in total. The van der Waals surface area contributed by atoms with E-state index in [4.69, 9.17) is 5.73 Å². The van der Waals surface area contributed by atoms with Crippen LogP contribution in [0.3, 0.4) is 0 Å². The molecule has 116 valence electrons. The second kappa shape index (κ2) is 6.91. The molecule has 0 saturated carbocycles. The van der Waals surface area contributed by atoms with E-state index in [9.17, 15) is 9.59 Å². The van der Waals surface area contributed by atoms with Crippen molar-refractivity contribution >= 4 is 17.5 Å². The summed E-state index contributed by atoms with van der Waals surface area (Å²) in [6.45, 7) is 3.55. The fourth-order valence-electron chi connectivity index (χ4n) is 2.17. The summed E-state index contributed by atoms with van der Waals surface area (Å²) in [6.07, 6.45) is 1.54. The van der Waals surface area contributed by atoms with Crippen LogP contribution in [0.1, 0.15) is 33.3 Å². The Hall–Kier alpha value is -2.60. The number of primary amides is 1. The molecule has 0 atom stereocenters. The number of aromatic nitrogens is 1. The van der Waals surface area contributed by atoms with Crippen molar-refractivity contribution in [2.75, 3.05) is 11.9 Å². The first-order valence-corrected chi connectivity index (χ1v) is 7.09. The smallest absolute Gasteiger partial charge is 0.272 e. The number of hydrogen-bond acceptors (Lipinski definition) is 3. The number of benzene rings is 1. The number of carbonyl (C=O) groups is 2. The predicted octanol–water partition coefficient (Wildman–Crippen LogP) is 1.49. The van der Waals surface area contributed by atoms with Crippen LogP contribution in [-0.2, 0) is 13.6 Å². The van der Waals surface area contributed by atoms with Gasteiger partial charge in [0.25, 0.3) is 5.91 Å². The number of nitrogens with one attached hydrogen (secondary N) is 2. The first-order valence-electron chi connectivity index (χ1n) is 7.09. The lowest BCUT2D eigenvalue weighted by atomic mass is 10.1. The van der Waals surface area contributed by atoms with E-state index in [-0.39, 0.29) is 5.91 Å². The van der Waals surface area contributed by atoms with Gasteiger partial charge in [-0.1, -0.05) is 25.1 Å². The van der Waals surface area contributed by atoms with Crippen molar-refractivity contribution in [3.05, 3.63) is 53.3 Å². The molecule has 2 rings (SSSR count). The highest BCUT2D eigenvalue weighted by Gasteiger charge is 2.15. The molecule has 22 heavy (non-hydrogen) atoms. The molecule has 0 spiro atoms. The molecule has 0 radical (unpaired) electrons. The van der Waals surface area contributed by atoms with Crippen LogP contribution >= 0.6 is 0 Å². The van der Waals surface area contributed by atoms with Gasteiger partial charge in [0.2, 0.25) is 5.91 Å². The maximum absolute atomic E-state index is 12.4. The minimum atomic E-state index is -0.554. The Morgan fingerprint density at radius 2 is 2.00 bits per heavy atom. The molecular weight excluding hydrogens is 280 g/mol. The van der Waals surface area contributed by atoms with Crippen molar-refractivity contribution in [2.45, 2.75) is 13.5 Å². The summed E-state index contributed by atoms with van der Waals surface area (Å²) in [6, 6.07) is 9.09. The highest BCUT2D eigenvalue weighted by atomic mass is 16.2. The highest BCUT2D eigenvalue weighted by Crippen LogP contribution is 2.17. The first kappa shape index (κ1) is 15.8. The molecule has 1 aromatic carbocycles. The van der Waals surface area contributed by atoms with E-state index in [0.717, 1.165) is 17.8 Å². The van der Waals surface area contributed by atoms with Gasteiger partial charge in [-0.05, 0) is 24.2 Å². The molecule has 0 saturated heterocycles. The maximum Gasteiger partial charge on any atom is 0.272 e. The van der Waals surface area contributed by atoms with Gasteiger partial charge in [-0.2, -0.15) is 0 Å². The summed E-state index contributed by atoms with van der Waals surface area (Å²) in [5.41, 5.74) is 7.68. The Balaban J connectivity index is 2.20. The molecule has 6 heteroatoms. The third kappa shape index (κ3) is 3.53. The van der Waals surface area contributed by atoms with Gasteiger partial charge in [-0.3, -0.25) is 9.59 Å². The number of nitrogens with two attached hydrogens (primary N) is 1.